The number of hydrogen-bond donors (Lipinski definition) is 1. The second-order valence-electron chi connectivity index (χ2n) is 5.44. The molecule has 0 unspecified atom stereocenters. The van der Waals surface area contributed by atoms with Crippen LogP contribution in [0.3, 0.4) is 0 Å². The third kappa shape index (κ3) is 3.67. The maximum absolute atomic E-state index is 13.7. The van der Waals surface area contributed by atoms with Gasteiger partial charge in [0.2, 0.25) is 5.91 Å². The Morgan fingerprint density at radius 3 is 2.96 bits per heavy atom. The lowest BCUT2D eigenvalue weighted by atomic mass is 10.0. The Kier molecular flexibility index (Phi) is 4.86. The van der Waals surface area contributed by atoms with Gasteiger partial charge in [-0.2, -0.15) is 0 Å². The summed E-state index contributed by atoms with van der Waals surface area (Å²) < 4.78 is 18.6. The number of hydrogen-bond acceptors (Lipinski definition) is 3. The third-order valence-electron chi connectivity index (χ3n) is 3.87. The molecular weight excluding hydrogens is 313 g/mol. The molecule has 1 N–H and O–H groups in total. The van der Waals surface area contributed by atoms with Crippen molar-refractivity contribution in [3.05, 3.63) is 59.4 Å². The van der Waals surface area contributed by atoms with Crippen molar-refractivity contribution in [3.8, 4) is 5.75 Å². The largest absolute Gasteiger partial charge is 0.494 e. The summed E-state index contributed by atoms with van der Waals surface area (Å²) in [6.07, 6.45) is 1.07. The zero-order valence-corrected chi connectivity index (χ0v) is 13.7. The summed E-state index contributed by atoms with van der Waals surface area (Å²) >= 11 is 1.81. The molecule has 3 rings (SSSR count). The van der Waals surface area contributed by atoms with E-state index in [-0.39, 0.29) is 24.1 Å². The van der Waals surface area contributed by atoms with Gasteiger partial charge in [-0.1, -0.05) is 24.3 Å². The average molecular weight is 331 g/mol. The fourth-order valence-electron chi connectivity index (χ4n) is 2.74. The van der Waals surface area contributed by atoms with Crippen molar-refractivity contribution in [1.82, 2.24) is 5.32 Å². The smallest absolute Gasteiger partial charge is 0.224 e. The predicted octanol–water partition coefficient (Wildman–Crippen LogP) is 3.73. The molecule has 1 atom stereocenters. The van der Waals surface area contributed by atoms with Crippen molar-refractivity contribution in [2.75, 3.05) is 12.9 Å². The van der Waals surface area contributed by atoms with Gasteiger partial charge >= 0.3 is 0 Å². The Balaban J connectivity index is 1.67. The first kappa shape index (κ1) is 15.9. The molecule has 5 heteroatoms. The molecule has 1 aliphatic heterocycles. The summed E-state index contributed by atoms with van der Waals surface area (Å²) in [4.78, 5) is 13.5. The van der Waals surface area contributed by atoms with Crippen molar-refractivity contribution < 1.29 is 13.9 Å². The Hall–Kier alpha value is -2.01. The number of thioether (sulfide) groups is 1. The second-order valence-corrected chi connectivity index (χ2v) is 6.58. The van der Waals surface area contributed by atoms with Crippen LogP contribution in [0.5, 0.6) is 5.75 Å². The number of halogens is 1. The first-order valence-electron chi connectivity index (χ1n) is 7.51. The number of carbonyl (C=O) groups excluding carboxylic acids is 1. The minimum absolute atomic E-state index is 0.0306. The maximum Gasteiger partial charge on any atom is 0.224 e. The van der Waals surface area contributed by atoms with Gasteiger partial charge in [-0.05, 0) is 35.7 Å². The molecule has 120 valence electrons. The van der Waals surface area contributed by atoms with E-state index in [0.29, 0.717) is 5.56 Å². The summed E-state index contributed by atoms with van der Waals surface area (Å²) in [7, 11) is 1.42. The van der Waals surface area contributed by atoms with Crippen molar-refractivity contribution >= 4 is 17.7 Å². The van der Waals surface area contributed by atoms with Crippen LogP contribution in [0.15, 0.2) is 47.4 Å². The van der Waals surface area contributed by atoms with Gasteiger partial charge in [0.1, 0.15) is 0 Å². The Morgan fingerprint density at radius 2 is 2.17 bits per heavy atom. The normalized spacial score (nSPS) is 16.5. The molecule has 0 saturated carbocycles. The van der Waals surface area contributed by atoms with Crippen molar-refractivity contribution in [1.29, 1.82) is 0 Å². The van der Waals surface area contributed by atoms with Gasteiger partial charge in [0.05, 0.1) is 19.6 Å². The highest BCUT2D eigenvalue weighted by molar-refractivity contribution is 7.99. The first-order chi connectivity index (χ1) is 11.2. The average Bonchev–Trinajstić information content (AvgIpc) is 2.55. The van der Waals surface area contributed by atoms with Crippen molar-refractivity contribution in [3.63, 3.8) is 0 Å². The number of fused-ring (bicyclic) bond motifs is 1. The predicted molar refractivity (Wildman–Crippen MR) is 89.3 cm³/mol. The SMILES string of the molecule is COc1ccc(CC(=O)N[C@@H]2CCSc3ccccc32)cc1F. The van der Waals surface area contributed by atoms with E-state index in [1.165, 1.54) is 18.1 Å². The quantitative estimate of drug-likeness (QED) is 0.928. The molecule has 2 aromatic rings. The van der Waals surface area contributed by atoms with Crippen LogP contribution in [0.25, 0.3) is 0 Å². The van der Waals surface area contributed by atoms with Crippen LogP contribution >= 0.6 is 11.8 Å². The van der Waals surface area contributed by atoms with E-state index in [1.54, 1.807) is 12.1 Å². The lowest BCUT2D eigenvalue weighted by Gasteiger charge is -2.25. The molecule has 1 amide bonds. The maximum atomic E-state index is 13.7. The van der Waals surface area contributed by atoms with Crippen molar-refractivity contribution in [2.24, 2.45) is 0 Å². The lowest BCUT2D eigenvalue weighted by molar-refractivity contribution is -0.121. The zero-order chi connectivity index (χ0) is 16.2. The molecule has 0 radical (unpaired) electrons. The van der Waals surface area contributed by atoms with Crippen LogP contribution in [0, 0.1) is 5.82 Å². The van der Waals surface area contributed by atoms with Gasteiger partial charge in [-0.3, -0.25) is 4.79 Å². The van der Waals surface area contributed by atoms with Gasteiger partial charge < -0.3 is 10.1 Å². The molecule has 1 aliphatic rings. The lowest BCUT2D eigenvalue weighted by Crippen LogP contribution is -2.31. The van der Waals surface area contributed by atoms with Crippen molar-refractivity contribution in [2.45, 2.75) is 23.8 Å². The number of ether oxygens (including phenoxy) is 1. The van der Waals surface area contributed by atoms with Gasteiger partial charge in [0, 0.05) is 10.6 Å². The first-order valence-corrected chi connectivity index (χ1v) is 8.49. The molecule has 2 aromatic carbocycles. The molecule has 3 nitrogen and oxygen atoms in total. The highest BCUT2D eigenvalue weighted by atomic mass is 32.2. The van der Waals surface area contributed by atoms with E-state index in [2.05, 4.69) is 17.4 Å². The van der Waals surface area contributed by atoms with Gasteiger partial charge in [-0.25, -0.2) is 4.39 Å². The van der Waals surface area contributed by atoms with Gasteiger partial charge in [0.15, 0.2) is 11.6 Å². The molecule has 0 bridgehead atoms. The Morgan fingerprint density at radius 1 is 1.35 bits per heavy atom. The fraction of sp³-hybridized carbons (Fsp3) is 0.278. The number of rotatable bonds is 4. The molecule has 0 saturated heterocycles. The molecule has 0 fully saturated rings. The number of methoxy groups -OCH3 is 1. The highest BCUT2D eigenvalue weighted by Gasteiger charge is 2.22. The van der Waals surface area contributed by atoms with E-state index < -0.39 is 5.82 Å². The van der Waals surface area contributed by atoms with Crippen LogP contribution in [0.2, 0.25) is 0 Å². The summed E-state index contributed by atoms with van der Waals surface area (Å²) in [6, 6.07) is 12.8. The number of nitrogens with one attached hydrogen (secondary N) is 1. The number of benzene rings is 2. The highest BCUT2D eigenvalue weighted by Crippen LogP contribution is 2.35. The van der Waals surface area contributed by atoms with E-state index in [1.807, 2.05) is 23.9 Å². The minimum atomic E-state index is -0.447. The van der Waals surface area contributed by atoms with E-state index in [0.717, 1.165) is 17.7 Å². The van der Waals surface area contributed by atoms with Crippen LogP contribution < -0.4 is 10.1 Å². The van der Waals surface area contributed by atoms with Crippen LogP contribution in [-0.2, 0) is 11.2 Å². The number of amides is 1. The topological polar surface area (TPSA) is 38.3 Å². The molecule has 23 heavy (non-hydrogen) atoms. The molecular formula is C18H18FNO2S. The van der Waals surface area contributed by atoms with Gasteiger partial charge in [-0.15, -0.1) is 11.8 Å². The summed E-state index contributed by atoms with van der Waals surface area (Å²) in [5, 5.41) is 3.07. The standard InChI is InChI=1S/C18H18FNO2S/c1-22-16-7-6-12(10-14(16)19)11-18(21)20-15-8-9-23-17-5-3-2-4-13(15)17/h2-7,10,15H,8-9,11H2,1H3,(H,20,21)/t15-/m1/s1. The third-order valence-corrected chi connectivity index (χ3v) is 5.00. The summed E-state index contributed by atoms with van der Waals surface area (Å²) in [5.41, 5.74) is 1.80. The summed E-state index contributed by atoms with van der Waals surface area (Å²) in [5.74, 6) is 0.630. The van der Waals surface area contributed by atoms with Crippen LogP contribution in [-0.4, -0.2) is 18.8 Å². The number of carbonyl (C=O) groups is 1. The molecule has 1 heterocycles. The molecule has 0 aliphatic carbocycles. The zero-order valence-electron chi connectivity index (χ0n) is 12.8. The van der Waals surface area contributed by atoms with Gasteiger partial charge in [0.25, 0.3) is 0 Å². The van der Waals surface area contributed by atoms with Crippen LogP contribution in [0.1, 0.15) is 23.6 Å². The van der Waals surface area contributed by atoms with Crippen LogP contribution in [0.4, 0.5) is 4.39 Å². The Labute approximate surface area is 139 Å². The van der Waals surface area contributed by atoms with E-state index in [4.69, 9.17) is 4.74 Å². The van der Waals surface area contributed by atoms with E-state index >= 15 is 0 Å². The second kappa shape index (κ2) is 7.04. The monoisotopic (exact) mass is 331 g/mol. The van der Waals surface area contributed by atoms with E-state index in [9.17, 15) is 9.18 Å². The Bertz CT molecular complexity index is 720. The fourth-order valence-corrected chi connectivity index (χ4v) is 3.87. The molecule has 0 aromatic heterocycles. The molecule has 0 spiro atoms. The minimum Gasteiger partial charge on any atom is -0.494 e. The summed E-state index contributed by atoms with van der Waals surface area (Å²) in [6.45, 7) is 0.